The van der Waals surface area contributed by atoms with Crippen LogP contribution < -0.4 is 9.47 Å². The zero-order valence-corrected chi connectivity index (χ0v) is 10.7. The van der Waals surface area contributed by atoms with Crippen LogP contribution in [0.1, 0.15) is 12.0 Å². The molecule has 0 atom stereocenters. The van der Waals surface area contributed by atoms with Crippen molar-refractivity contribution in [2.24, 2.45) is 0 Å². The first-order valence-corrected chi connectivity index (χ1v) is 6.37. The molecule has 0 saturated carbocycles. The van der Waals surface area contributed by atoms with Crippen LogP contribution in [-0.4, -0.2) is 13.2 Å². The molecule has 2 nitrogen and oxygen atoms in total. The molecule has 1 aliphatic rings. The largest absolute Gasteiger partial charge is 0.489 e. The van der Waals surface area contributed by atoms with E-state index >= 15 is 0 Å². The van der Waals surface area contributed by atoms with E-state index in [1.807, 2.05) is 12.1 Å². The van der Waals surface area contributed by atoms with Crippen molar-refractivity contribution in [3.8, 4) is 11.5 Å². The lowest BCUT2D eigenvalue weighted by Gasteiger charge is -2.12. The number of halogens is 2. The maximum absolute atomic E-state index is 5.67. The first kappa shape index (κ1) is 10.3. The first-order valence-electron chi connectivity index (χ1n) is 4.46. The Morgan fingerprint density at radius 1 is 1.14 bits per heavy atom. The minimum absolute atomic E-state index is 0.720. The molecule has 0 fully saturated rings. The molecule has 1 heterocycles. The first-order chi connectivity index (χ1) is 6.83. The van der Waals surface area contributed by atoms with Gasteiger partial charge in [-0.3, -0.25) is 0 Å². The quantitative estimate of drug-likeness (QED) is 0.737. The molecular weight excluding hydrogens is 312 g/mol. The lowest BCUT2D eigenvalue weighted by molar-refractivity contribution is 0.296. The topological polar surface area (TPSA) is 18.5 Å². The summed E-state index contributed by atoms with van der Waals surface area (Å²) < 4.78 is 12.3. The SMILES string of the molecule is BrCc1ccc(Br)c2c1OCCCO2. The van der Waals surface area contributed by atoms with Gasteiger partial charge in [0.15, 0.2) is 11.5 Å². The van der Waals surface area contributed by atoms with E-state index in [0.717, 1.165) is 46.5 Å². The molecule has 76 valence electrons. The fourth-order valence-electron chi connectivity index (χ4n) is 1.38. The van der Waals surface area contributed by atoms with Crippen molar-refractivity contribution >= 4 is 31.9 Å². The lowest BCUT2D eigenvalue weighted by atomic mass is 10.2. The Labute approximate surface area is 99.8 Å². The zero-order chi connectivity index (χ0) is 9.97. The van der Waals surface area contributed by atoms with E-state index in [4.69, 9.17) is 9.47 Å². The van der Waals surface area contributed by atoms with Crippen LogP contribution in [-0.2, 0) is 5.33 Å². The van der Waals surface area contributed by atoms with Crippen molar-refractivity contribution in [1.82, 2.24) is 0 Å². The molecule has 0 bridgehead atoms. The summed E-state index contributed by atoms with van der Waals surface area (Å²) in [7, 11) is 0. The van der Waals surface area contributed by atoms with Gasteiger partial charge in [-0.2, -0.15) is 0 Å². The smallest absolute Gasteiger partial charge is 0.175 e. The molecule has 1 aromatic rings. The Balaban J connectivity index is 2.49. The van der Waals surface area contributed by atoms with Gasteiger partial charge in [0, 0.05) is 17.3 Å². The lowest BCUT2D eigenvalue weighted by Crippen LogP contribution is -1.98. The second-order valence-corrected chi connectivity index (χ2v) is 4.46. The van der Waals surface area contributed by atoms with Crippen LogP contribution in [0.2, 0.25) is 0 Å². The van der Waals surface area contributed by atoms with Crippen molar-refractivity contribution in [3.05, 3.63) is 22.2 Å². The highest BCUT2D eigenvalue weighted by atomic mass is 79.9. The number of rotatable bonds is 1. The minimum atomic E-state index is 0.720. The van der Waals surface area contributed by atoms with E-state index in [0.29, 0.717) is 0 Å². The van der Waals surface area contributed by atoms with Gasteiger partial charge in [0.05, 0.1) is 17.7 Å². The molecule has 0 unspecified atom stereocenters. The predicted molar refractivity (Wildman–Crippen MR) is 62.4 cm³/mol. The fourth-order valence-corrected chi connectivity index (χ4v) is 2.25. The van der Waals surface area contributed by atoms with Crippen LogP contribution in [0.3, 0.4) is 0 Å². The van der Waals surface area contributed by atoms with Crippen LogP contribution in [0.4, 0.5) is 0 Å². The molecule has 0 saturated heterocycles. The maximum atomic E-state index is 5.67. The molecule has 4 heteroatoms. The van der Waals surface area contributed by atoms with Gasteiger partial charge in [-0.1, -0.05) is 22.0 Å². The predicted octanol–water partition coefficient (Wildman–Crippen LogP) is 3.51. The van der Waals surface area contributed by atoms with Crippen molar-refractivity contribution in [1.29, 1.82) is 0 Å². The fraction of sp³-hybridized carbons (Fsp3) is 0.400. The van der Waals surface area contributed by atoms with Crippen LogP contribution in [0.5, 0.6) is 11.5 Å². The summed E-state index contributed by atoms with van der Waals surface area (Å²) in [5, 5.41) is 0.784. The van der Waals surface area contributed by atoms with Crippen LogP contribution in [0.15, 0.2) is 16.6 Å². The Morgan fingerprint density at radius 2 is 1.86 bits per heavy atom. The third kappa shape index (κ3) is 1.91. The standard InChI is InChI=1S/C10H10Br2O2/c11-6-7-2-3-8(12)10-9(7)13-4-1-5-14-10/h2-3H,1,4-6H2. The molecule has 0 aromatic heterocycles. The molecule has 14 heavy (non-hydrogen) atoms. The summed E-state index contributed by atoms with van der Waals surface area (Å²) in [5.74, 6) is 1.70. The molecule has 1 aromatic carbocycles. The van der Waals surface area contributed by atoms with Gasteiger partial charge in [0.2, 0.25) is 0 Å². The van der Waals surface area contributed by atoms with Crippen molar-refractivity contribution in [2.75, 3.05) is 13.2 Å². The van der Waals surface area contributed by atoms with Gasteiger partial charge in [-0.15, -0.1) is 0 Å². The number of hydrogen-bond acceptors (Lipinski definition) is 2. The van der Waals surface area contributed by atoms with Gasteiger partial charge >= 0.3 is 0 Å². The Morgan fingerprint density at radius 3 is 2.57 bits per heavy atom. The van der Waals surface area contributed by atoms with Crippen molar-refractivity contribution in [3.63, 3.8) is 0 Å². The van der Waals surface area contributed by atoms with E-state index in [2.05, 4.69) is 31.9 Å². The summed E-state index contributed by atoms with van der Waals surface area (Å²) in [5.41, 5.74) is 1.13. The average molecular weight is 322 g/mol. The second kappa shape index (κ2) is 4.53. The third-order valence-corrected chi connectivity index (χ3v) is 3.30. The summed E-state index contributed by atoms with van der Waals surface area (Å²) >= 11 is 6.90. The van der Waals surface area contributed by atoms with Gasteiger partial charge < -0.3 is 9.47 Å². The van der Waals surface area contributed by atoms with Crippen molar-refractivity contribution in [2.45, 2.75) is 11.8 Å². The molecular formula is C10H10Br2O2. The molecule has 0 radical (unpaired) electrons. The highest BCUT2D eigenvalue weighted by molar-refractivity contribution is 9.10. The minimum Gasteiger partial charge on any atom is -0.489 e. The van der Waals surface area contributed by atoms with Gasteiger partial charge in [-0.05, 0) is 22.0 Å². The molecule has 0 aliphatic carbocycles. The Hall–Kier alpha value is -0.220. The number of alkyl halides is 1. The molecule has 1 aliphatic heterocycles. The van der Waals surface area contributed by atoms with E-state index in [9.17, 15) is 0 Å². The normalized spacial score (nSPS) is 15.0. The summed E-state index contributed by atoms with van der Waals surface area (Å²) in [6.07, 6.45) is 0.933. The van der Waals surface area contributed by atoms with Gasteiger partial charge in [-0.25, -0.2) is 0 Å². The van der Waals surface area contributed by atoms with E-state index in [1.54, 1.807) is 0 Å². The van der Waals surface area contributed by atoms with Crippen LogP contribution >= 0.6 is 31.9 Å². The molecule has 0 amide bonds. The van der Waals surface area contributed by atoms with E-state index < -0.39 is 0 Å². The summed E-state index contributed by atoms with van der Waals surface area (Å²) in [4.78, 5) is 0. The van der Waals surface area contributed by atoms with Crippen LogP contribution in [0, 0.1) is 0 Å². The second-order valence-electron chi connectivity index (χ2n) is 3.05. The summed E-state index contributed by atoms with van der Waals surface area (Å²) in [6.45, 7) is 1.45. The molecule has 0 N–H and O–H groups in total. The average Bonchev–Trinajstić information content (AvgIpc) is 2.44. The van der Waals surface area contributed by atoms with Gasteiger partial charge in [0.1, 0.15) is 0 Å². The number of fused-ring (bicyclic) bond motifs is 1. The monoisotopic (exact) mass is 320 g/mol. The number of hydrogen-bond donors (Lipinski definition) is 0. The van der Waals surface area contributed by atoms with Crippen molar-refractivity contribution < 1.29 is 9.47 Å². The summed E-state index contributed by atoms with van der Waals surface area (Å²) in [6, 6.07) is 4.02. The number of ether oxygens (including phenoxy) is 2. The Bertz CT molecular complexity index is 339. The number of benzene rings is 1. The van der Waals surface area contributed by atoms with E-state index in [-0.39, 0.29) is 0 Å². The third-order valence-electron chi connectivity index (χ3n) is 2.07. The highest BCUT2D eigenvalue weighted by Crippen LogP contribution is 2.40. The van der Waals surface area contributed by atoms with Crippen LogP contribution in [0.25, 0.3) is 0 Å². The van der Waals surface area contributed by atoms with Gasteiger partial charge in [0.25, 0.3) is 0 Å². The molecule has 0 spiro atoms. The highest BCUT2D eigenvalue weighted by Gasteiger charge is 2.16. The Kier molecular flexibility index (Phi) is 3.34. The maximum Gasteiger partial charge on any atom is 0.175 e. The molecule has 2 rings (SSSR count). The zero-order valence-electron chi connectivity index (χ0n) is 7.56. The van der Waals surface area contributed by atoms with E-state index in [1.165, 1.54) is 0 Å².